The Balaban J connectivity index is 1.80. The van der Waals surface area contributed by atoms with Crippen LogP contribution < -0.4 is 4.74 Å². The van der Waals surface area contributed by atoms with Crippen LogP contribution in [0.3, 0.4) is 0 Å². The number of hydrogen-bond acceptors (Lipinski definition) is 4. The Morgan fingerprint density at radius 1 is 1.23 bits per heavy atom. The predicted octanol–water partition coefficient (Wildman–Crippen LogP) is 5.29. The van der Waals surface area contributed by atoms with E-state index in [1.54, 1.807) is 10.9 Å². The SMILES string of the molecule is CC(C)c1n[nH]c(=S)n1/N=C/c1ccccc1OCc1ccc(Br)cc1. The summed E-state index contributed by atoms with van der Waals surface area (Å²) in [5.74, 6) is 1.77. The van der Waals surface area contributed by atoms with Crippen molar-refractivity contribution in [2.75, 3.05) is 0 Å². The fourth-order valence-corrected chi connectivity index (χ4v) is 2.82. The fraction of sp³-hybridized carbons (Fsp3) is 0.211. The van der Waals surface area contributed by atoms with Crippen LogP contribution in [0.2, 0.25) is 0 Å². The lowest BCUT2D eigenvalue weighted by Gasteiger charge is -2.09. The van der Waals surface area contributed by atoms with Crippen LogP contribution in [-0.4, -0.2) is 21.1 Å². The molecule has 0 spiro atoms. The van der Waals surface area contributed by atoms with E-state index in [0.29, 0.717) is 11.4 Å². The topological polar surface area (TPSA) is 55.2 Å². The van der Waals surface area contributed by atoms with E-state index in [4.69, 9.17) is 17.0 Å². The highest BCUT2D eigenvalue weighted by molar-refractivity contribution is 9.10. The highest BCUT2D eigenvalue weighted by Crippen LogP contribution is 2.19. The van der Waals surface area contributed by atoms with Crippen molar-refractivity contribution in [2.24, 2.45) is 5.10 Å². The minimum absolute atomic E-state index is 0.212. The maximum Gasteiger partial charge on any atom is 0.216 e. The molecular formula is C19H19BrN4OS. The van der Waals surface area contributed by atoms with E-state index in [1.165, 1.54) is 0 Å². The average molecular weight is 431 g/mol. The molecule has 0 aliphatic rings. The summed E-state index contributed by atoms with van der Waals surface area (Å²) in [4.78, 5) is 0. The maximum absolute atomic E-state index is 5.98. The van der Waals surface area contributed by atoms with Gasteiger partial charge < -0.3 is 4.74 Å². The van der Waals surface area contributed by atoms with E-state index in [2.05, 4.69) is 31.2 Å². The summed E-state index contributed by atoms with van der Waals surface area (Å²) in [5, 5.41) is 11.5. The lowest BCUT2D eigenvalue weighted by atomic mass is 10.2. The Kier molecular flexibility index (Phi) is 6.00. The second kappa shape index (κ2) is 8.42. The van der Waals surface area contributed by atoms with E-state index in [-0.39, 0.29) is 5.92 Å². The second-order valence-corrected chi connectivity index (χ2v) is 7.35. The molecular weight excluding hydrogens is 412 g/mol. The van der Waals surface area contributed by atoms with Crippen LogP contribution in [0.15, 0.2) is 58.1 Å². The van der Waals surface area contributed by atoms with E-state index in [0.717, 1.165) is 27.2 Å². The lowest BCUT2D eigenvalue weighted by molar-refractivity contribution is 0.306. The zero-order valence-corrected chi connectivity index (χ0v) is 16.9. The van der Waals surface area contributed by atoms with Crippen LogP contribution >= 0.6 is 28.1 Å². The third-order valence-electron chi connectivity index (χ3n) is 3.73. The van der Waals surface area contributed by atoms with Crippen LogP contribution in [0, 0.1) is 4.77 Å². The molecule has 2 aromatic carbocycles. The Hall–Kier alpha value is -2.25. The van der Waals surface area contributed by atoms with E-state index >= 15 is 0 Å². The number of benzene rings is 2. The molecule has 0 aliphatic heterocycles. The van der Waals surface area contributed by atoms with Crippen LogP contribution in [-0.2, 0) is 6.61 Å². The van der Waals surface area contributed by atoms with Crippen LogP contribution in [0.4, 0.5) is 0 Å². The van der Waals surface area contributed by atoms with E-state index < -0.39 is 0 Å². The number of ether oxygens (including phenoxy) is 1. The quantitative estimate of drug-likeness (QED) is 0.426. The molecule has 0 radical (unpaired) electrons. The summed E-state index contributed by atoms with van der Waals surface area (Å²) in [6.07, 6.45) is 1.74. The molecule has 26 heavy (non-hydrogen) atoms. The molecule has 0 amide bonds. The molecule has 0 saturated heterocycles. The van der Waals surface area contributed by atoms with Gasteiger partial charge in [-0.2, -0.15) is 14.9 Å². The molecule has 0 saturated carbocycles. The van der Waals surface area contributed by atoms with Gasteiger partial charge in [0.05, 0.1) is 6.21 Å². The molecule has 7 heteroatoms. The molecule has 3 aromatic rings. The minimum Gasteiger partial charge on any atom is -0.488 e. The largest absolute Gasteiger partial charge is 0.488 e. The summed E-state index contributed by atoms with van der Waals surface area (Å²) >= 11 is 8.70. The molecule has 0 aliphatic carbocycles. The predicted molar refractivity (Wildman–Crippen MR) is 109 cm³/mol. The van der Waals surface area contributed by atoms with Gasteiger partial charge in [-0.3, -0.25) is 5.10 Å². The number of nitrogens with one attached hydrogen (secondary N) is 1. The first-order valence-electron chi connectivity index (χ1n) is 8.22. The first kappa shape index (κ1) is 18.5. The highest BCUT2D eigenvalue weighted by atomic mass is 79.9. The zero-order chi connectivity index (χ0) is 18.5. The third-order valence-corrected chi connectivity index (χ3v) is 4.52. The van der Waals surface area contributed by atoms with Crippen molar-refractivity contribution in [2.45, 2.75) is 26.4 Å². The maximum atomic E-state index is 5.98. The molecule has 0 atom stereocenters. The highest BCUT2D eigenvalue weighted by Gasteiger charge is 2.09. The van der Waals surface area contributed by atoms with Gasteiger partial charge in [-0.1, -0.05) is 54.0 Å². The molecule has 3 rings (SSSR count). The van der Waals surface area contributed by atoms with Crippen molar-refractivity contribution in [3.8, 4) is 5.75 Å². The normalized spacial score (nSPS) is 11.4. The number of halogens is 1. The van der Waals surface area contributed by atoms with E-state index in [1.807, 2.05) is 62.4 Å². The van der Waals surface area contributed by atoms with Crippen LogP contribution in [0.1, 0.15) is 36.7 Å². The van der Waals surface area contributed by atoms with Crippen LogP contribution in [0.25, 0.3) is 0 Å². The van der Waals surface area contributed by atoms with Crippen molar-refractivity contribution >= 4 is 34.4 Å². The van der Waals surface area contributed by atoms with Gasteiger partial charge in [-0.25, -0.2) is 0 Å². The molecule has 1 aromatic heterocycles. The van der Waals surface area contributed by atoms with Crippen molar-refractivity contribution in [3.63, 3.8) is 0 Å². The molecule has 0 fully saturated rings. The zero-order valence-electron chi connectivity index (χ0n) is 14.5. The van der Waals surface area contributed by atoms with Gasteiger partial charge in [-0.15, -0.1) is 0 Å². The molecule has 5 nitrogen and oxygen atoms in total. The second-order valence-electron chi connectivity index (χ2n) is 6.05. The monoisotopic (exact) mass is 430 g/mol. The molecule has 0 bridgehead atoms. The Morgan fingerprint density at radius 3 is 2.69 bits per heavy atom. The van der Waals surface area contributed by atoms with Crippen LogP contribution in [0.5, 0.6) is 5.75 Å². The van der Waals surface area contributed by atoms with Gasteiger partial charge in [0, 0.05) is 16.0 Å². The summed E-state index contributed by atoms with van der Waals surface area (Å²) in [7, 11) is 0. The number of aromatic nitrogens is 3. The first-order chi connectivity index (χ1) is 12.5. The number of hydrogen-bond donors (Lipinski definition) is 1. The fourth-order valence-electron chi connectivity index (χ4n) is 2.37. The van der Waals surface area contributed by atoms with Crippen molar-refractivity contribution < 1.29 is 4.74 Å². The number of aromatic amines is 1. The van der Waals surface area contributed by atoms with Gasteiger partial charge in [0.25, 0.3) is 0 Å². The summed E-state index contributed by atoms with van der Waals surface area (Å²) in [5.41, 5.74) is 1.97. The Morgan fingerprint density at radius 2 is 1.96 bits per heavy atom. The molecule has 1 N–H and O–H groups in total. The van der Waals surface area contributed by atoms with Gasteiger partial charge in [0.2, 0.25) is 4.77 Å². The summed E-state index contributed by atoms with van der Waals surface area (Å²) < 4.78 is 9.14. The smallest absolute Gasteiger partial charge is 0.216 e. The summed E-state index contributed by atoms with van der Waals surface area (Å²) in [6, 6.07) is 15.8. The van der Waals surface area contributed by atoms with Gasteiger partial charge in [-0.05, 0) is 42.0 Å². The van der Waals surface area contributed by atoms with Crippen molar-refractivity contribution in [3.05, 3.63) is 74.7 Å². The van der Waals surface area contributed by atoms with Crippen molar-refractivity contribution in [1.82, 2.24) is 14.9 Å². The van der Waals surface area contributed by atoms with E-state index in [9.17, 15) is 0 Å². The minimum atomic E-state index is 0.212. The Bertz CT molecular complexity index is 960. The Labute approximate surface area is 165 Å². The van der Waals surface area contributed by atoms with Gasteiger partial charge in [0.15, 0.2) is 5.82 Å². The number of H-pyrrole nitrogens is 1. The van der Waals surface area contributed by atoms with Gasteiger partial charge >= 0.3 is 0 Å². The number of para-hydroxylation sites is 1. The van der Waals surface area contributed by atoms with Gasteiger partial charge in [0.1, 0.15) is 12.4 Å². The third kappa shape index (κ3) is 4.47. The molecule has 134 valence electrons. The molecule has 0 unspecified atom stereocenters. The number of nitrogens with zero attached hydrogens (tertiary/aromatic N) is 3. The first-order valence-corrected chi connectivity index (χ1v) is 9.42. The molecule has 1 heterocycles. The lowest BCUT2D eigenvalue weighted by Crippen LogP contribution is -2.02. The number of rotatable bonds is 6. The summed E-state index contributed by atoms with van der Waals surface area (Å²) in [6.45, 7) is 4.58. The standard InChI is InChI=1S/C19H19BrN4OS/c1-13(2)18-22-23-19(26)24(18)21-11-15-5-3-4-6-17(15)25-12-14-7-9-16(20)10-8-14/h3-11,13H,12H2,1-2H3,(H,23,26)/b21-11+. The van der Waals surface area contributed by atoms with Crippen molar-refractivity contribution in [1.29, 1.82) is 0 Å². The average Bonchev–Trinajstić information content (AvgIpc) is 3.01.